The Hall–Kier alpha value is -1.32. The topological polar surface area (TPSA) is 20.2 Å². The average molecular weight is 259 g/mol. The highest BCUT2D eigenvalue weighted by Crippen LogP contribution is 2.20. The molecule has 0 saturated heterocycles. The second kappa shape index (κ2) is 6.73. The number of rotatable bonds is 7. The fourth-order valence-corrected chi connectivity index (χ4v) is 2.57. The number of para-hydroxylation sites is 1. The molecule has 0 bridgehead atoms. The van der Waals surface area contributed by atoms with E-state index in [-0.39, 0.29) is 0 Å². The lowest BCUT2D eigenvalue weighted by Gasteiger charge is -2.15. The molecule has 0 atom stereocenters. The van der Waals surface area contributed by atoms with Gasteiger partial charge in [-0.05, 0) is 51.7 Å². The lowest BCUT2D eigenvalue weighted by molar-refractivity contribution is 0.332. The zero-order chi connectivity index (χ0) is 13.7. The lowest BCUT2D eigenvalue weighted by atomic mass is 10.1. The van der Waals surface area contributed by atoms with Crippen molar-refractivity contribution in [1.29, 1.82) is 0 Å². The van der Waals surface area contributed by atoms with Gasteiger partial charge >= 0.3 is 0 Å². The molecule has 0 aliphatic heterocycles. The molecule has 19 heavy (non-hydrogen) atoms. The van der Waals surface area contributed by atoms with E-state index in [9.17, 15) is 0 Å². The predicted molar refractivity (Wildman–Crippen MR) is 82.7 cm³/mol. The quantitative estimate of drug-likeness (QED) is 0.770. The third-order valence-corrected chi connectivity index (χ3v) is 3.71. The van der Waals surface area contributed by atoms with Crippen molar-refractivity contribution >= 4 is 10.9 Å². The Morgan fingerprint density at radius 2 is 2.00 bits per heavy atom. The Morgan fingerprint density at radius 3 is 2.79 bits per heavy atom. The van der Waals surface area contributed by atoms with Crippen LogP contribution >= 0.6 is 0 Å². The molecule has 0 aliphatic rings. The van der Waals surface area contributed by atoms with Gasteiger partial charge in [0.2, 0.25) is 0 Å². The summed E-state index contributed by atoms with van der Waals surface area (Å²) < 4.78 is 2.23. The van der Waals surface area contributed by atoms with E-state index in [2.05, 4.69) is 59.3 Å². The molecule has 0 radical (unpaired) electrons. The van der Waals surface area contributed by atoms with Gasteiger partial charge in [0.1, 0.15) is 0 Å². The van der Waals surface area contributed by atoms with Crippen molar-refractivity contribution in [2.45, 2.75) is 12.8 Å². The second-order valence-electron chi connectivity index (χ2n) is 5.29. The molecular formula is C16H25N3. The standard InChI is InChI=1S/C16H25N3/c1-17-10-6-11-18(2)12-9-14-13-19(3)16-8-5-4-7-15(14)16/h4-5,7-8,13,17H,6,9-12H2,1-3H3. The van der Waals surface area contributed by atoms with Crippen LogP contribution in [0.5, 0.6) is 0 Å². The first-order valence-electron chi connectivity index (χ1n) is 7.08. The van der Waals surface area contributed by atoms with Crippen LogP contribution in [0.1, 0.15) is 12.0 Å². The molecule has 2 aromatic rings. The highest BCUT2D eigenvalue weighted by atomic mass is 15.1. The maximum absolute atomic E-state index is 3.19. The van der Waals surface area contributed by atoms with E-state index in [0.29, 0.717) is 0 Å². The monoisotopic (exact) mass is 259 g/mol. The molecule has 0 spiro atoms. The van der Waals surface area contributed by atoms with Gasteiger partial charge in [-0.2, -0.15) is 0 Å². The number of hydrogen-bond donors (Lipinski definition) is 1. The molecule has 0 aliphatic carbocycles. The van der Waals surface area contributed by atoms with Gasteiger partial charge in [-0.15, -0.1) is 0 Å². The lowest BCUT2D eigenvalue weighted by Crippen LogP contribution is -2.24. The fraction of sp³-hybridized carbons (Fsp3) is 0.500. The van der Waals surface area contributed by atoms with Crippen LogP contribution in [0.2, 0.25) is 0 Å². The van der Waals surface area contributed by atoms with Crippen LogP contribution in [-0.4, -0.2) is 43.2 Å². The number of benzene rings is 1. The molecular weight excluding hydrogens is 234 g/mol. The SMILES string of the molecule is CNCCCN(C)CCc1cn(C)c2ccccc12. The molecule has 1 aromatic carbocycles. The van der Waals surface area contributed by atoms with E-state index in [1.54, 1.807) is 0 Å². The predicted octanol–water partition coefficient (Wildman–Crippen LogP) is 2.26. The third kappa shape index (κ3) is 3.58. The summed E-state index contributed by atoms with van der Waals surface area (Å²) in [5.41, 5.74) is 2.79. The Kier molecular flexibility index (Phi) is 5.00. The van der Waals surface area contributed by atoms with Crippen LogP contribution in [0.3, 0.4) is 0 Å². The summed E-state index contributed by atoms with van der Waals surface area (Å²) in [6.45, 7) is 3.38. The minimum Gasteiger partial charge on any atom is -0.350 e. The zero-order valence-corrected chi connectivity index (χ0v) is 12.3. The summed E-state index contributed by atoms with van der Waals surface area (Å²) >= 11 is 0. The van der Waals surface area contributed by atoms with Crippen LogP contribution in [-0.2, 0) is 13.5 Å². The number of nitrogens with one attached hydrogen (secondary N) is 1. The van der Waals surface area contributed by atoms with Gasteiger partial charge in [0.15, 0.2) is 0 Å². The van der Waals surface area contributed by atoms with Gasteiger partial charge in [0.25, 0.3) is 0 Å². The third-order valence-electron chi connectivity index (χ3n) is 3.71. The van der Waals surface area contributed by atoms with Gasteiger partial charge in [-0.1, -0.05) is 18.2 Å². The highest BCUT2D eigenvalue weighted by Gasteiger charge is 2.06. The van der Waals surface area contributed by atoms with Crippen molar-refractivity contribution in [1.82, 2.24) is 14.8 Å². The number of likely N-dealkylation sites (N-methyl/N-ethyl adjacent to an activating group) is 1. The molecule has 2 rings (SSSR count). The molecule has 0 saturated carbocycles. The first kappa shape index (κ1) is 14.1. The van der Waals surface area contributed by atoms with Gasteiger partial charge in [-0.3, -0.25) is 0 Å². The van der Waals surface area contributed by atoms with Crippen LogP contribution in [0.25, 0.3) is 10.9 Å². The largest absolute Gasteiger partial charge is 0.350 e. The van der Waals surface area contributed by atoms with E-state index < -0.39 is 0 Å². The van der Waals surface area contributed by atoms with Crippen molar-refractivity contribution < 1.29 is 0 Å². The number of aromatic nitrogens is 1. The maximum atomic E-state index is 3.19. The number of hydrogen-bond acceptors (Lipinski definition) is 2. The Labute approximate surface area is 116 Å². The minimum atomic E-state index is 1.10. The van der Waals surface area contributed by atoms with Gasteiger partial charge in [0.05, 0.1) is 0 Å². The zero-order valence-electron chi connectivity index (χ0n) is 12.3. The van der Waals surface area contributed by atoms with Crippen molar-refractivity contribution in [2.75, 3.05) is 33.7 Å². The molecule has 0 fully saturated rings. The Balaban J connectivity index is 1.94. The van der Waals surface area contributed by atoms with E-state index in [0.717, 1.165) is 26.1 Å². The summed E-state index contributed by atoms with van der Waals surface area (Å²) in [5, 5.41) is 4.59. The van der Waals surface area contributed by atoms with Crippen LogP contribution in [0, 0.1) is 0 Å². The van der Waals surface area contributed by atoms with Crippen molar-refractivity contribution in [3.8, 4) is 0 Å². The summed E-state index contributed by atoms with van der Waals surface area (Å²) in [6.07, 6.45) is 4.60. The summed E-state index contributed by atoms with van der Waals surface area (Å²) in [4.78, 5) is 2.42. The second-order valence-corrected chi connectivity index (χ2v) is 5.29. The number of fused-ring (bicyclic) bond motifs is 1. The molecule has 0 amide bonds. The summed E-state index contributed by atoms with van der Waals surface area (Å²) in [5.74, 6) is 0. The molecule has 3 heteroatoms. The van der Waals surface area contributed by atoms with Gasteiger partial charge in [-0.25, -0.2) is 0 Å². The van der Waals surface area contributed by atoms with E-state index >= 15 is 0 Å². The van der Waals surface area contributed by atoms with E-state index in [4.69, 9.17) is 0 Å². The average Bonchev–Trinajstić information content (AvgIpc) is 2.74. The first-order chi connectivity index (χ1) is 9.22. The van der Waals surface area contributed by atoms with Crippen LogP contribution in [0.4, 0.5) is 0 Å². The van der Waals surface area contributed by atoms with E-state index in [1.807, 2.05) is 7.05 Å². The van der Waals surface area contributed by atoms with Crippen LogP contribution in [0.15, 0.2) is 30.5 Å². The minimum absolute atomic E-state index is 1.10. The molecule has 0 unspecified atom stereocenters. The summed E-state index contributed by atoms with van der Waals surface area (Å²) in [7, 11) is 6.35. The molecule has 1 aromatic heterocycles. The normalized spacial score (nSPS) is 11.6. The van der Waals surface area contributed by atoms with E-state index in [1.165, 1.54) is 22.9 Å². The van der Waals surface area contributed by atoms with Crippen molar-refractivity contribution in [2.24, 2.45) is 7.05 Å². The fourth-order valence-electron chi connectivity index (χ4n) is 2.57. The Morgan fingerprint density at radius 1 is 1.21 bits per heavy atom. The number of nitrogens with zero attached hydrogens (tertiary/aromatic N) is 2. The molecule has 1 N–H and O–H groups in total. The summed E-state index contributed by atoms with van der Waals surface area (Å²) in [6, 6.07) is 8.65. The van der Waals surface area contributed by atoms with Crippen molar-refractivity contribution in [3.63, 3.8) is 0 Å². The van der Waals surface area contributed by atoms with Gasteiger partial charge in [0, 0.05) is 30.7 Å². The highest BCUT2D eigenvalue weighted by molar-refractivity contribution is 5.83. The smallest absolute Gasteiger partial charge is 0.0480 e. The molecule has 3 nitrogen and oxygen atoms in total. The molecule has 1 heterocycles. The number of aryl methyl sites for hydroxylation is 1. The first-order valence-corrected chi connectivity index (χ1v) is 7.08. The molecule has 104 valence electrons. The van der Waals surface area contributed by atoms with Gasteiger partial charge < -0.3 is 14.8 Å². The van der Waals surface area contributed by atoms with Crippen LogP contribution < -0.4 is 5.32 Å². The Bertz CT molecular complexity index is 516. The maximum Gasteiger partial charge on any atom is 0.0480 e. The van der Waals surface area contributed by atoms with Crippen molar-refractivity contribution in [3.05, 3.63) is 36.0 Å².